The van der Waals surface area contributed by atoms with Crippen molar-refractivity contribution in [2.45, 2.75) is 25.0 Å². The second-order valence-corrected chi connectivity index (χ2v) is 9.91. The molecule has 10 heteroatoms. The number of esters is 1. The summed E-state index contributed by atoms with van der Waals surface area (Å²) in [5, 5.41) is -0.471. The Morgan fingerprint density at radius 1 is 1.30 bits per heavy atom. The normalized spacial score (nSPS) is 23.2. The first kappa shape index (κ1) is 23.3. The number of carbonyl (C=O) groups excluding carboxylic acids is 1. The van der Waals surface area contributed by atoms with Gasteiger partial charge in [0, 0.05) is 29.2 Å². The van der Waals surface area contributed by atoms with Crippen LogP contribution in [0.5, 0.6) is 5.75 Å². The molecule has 0 bridgehead atoms. The number of carbonyl (C=O) groups is 1. The summed E-state index contributed by atoms with van der Waals surface area (Å²) in [6, 6.07) is 5.63. The number of nitrogens with one attached hydrogen (secondary N) is 1. The van der Waals surface area contributed by atoms with E-state index in [0.717, 1.165) is 16.5 Å². The molecule has 2 aromatic rings. The molecule has 1 aromatic heterocycles. The number of rotatable bonds is 6. The van der Waals surface area contributed by atoms with E-state index in [4.69, 9.17) is 14.2 Å². The Bertz CT molecular complexity index is 1260. The highest BCUT2D eigenvalue weighted by Gasteiger charge is 2.55. The van der Waals surface area contributed by atoms with E-state index in [1.54, 1.807) is 7.11 Å². The Labute approximate surface area is 192 Å². The summed E-state index contributed by atoms with van der Waals surface area (Å²) in [4.78, 5) is 16.0. The fourth-order valence-corrected chi connectivity index (χ4v) is 6.69. The first-order valence-corrected chi connectivity index (χ1v) is 12.3. The zero-order chi connectivity index (χ0) is 23.9. The molecular formula is C23H29N2O7S+. The molecule has 0 radical (unpaired) electrons. The molecule has 0 saturated heterocycles. The van der Waals surface area contributed by atoms with Gasteiger partial charge in [-0.25, -0.2) is 9.37 Å². The monoisotopic (exact) mass is 477 g/mol. The van der Waals surface area contributed by atoms with Crippen LogP contribution in [0, 0.1) is 11.8 Å². The lowest BCUT2D eigenvalue weighted by molar-refractivity contribution is -0.542. The van der Waals surface area contributed by atoms with E-state index in [1.165, 1.54) is 20.5 Å². The van der Waals surface area contributed by atoms with Gasteiger partial charge in [-0.15, -0.1) is 0 Å². The molecule has 2 aliphatic rings. The van der Waals surface area contributed by atoms with Crippen molar-refractivity contribution in [2.75, 3.05) is 34.4 Å². The van der Waals surface area contributed by atoms with Crippen LogP contribution in [0.3, 0.4) is 0 Å². The predicted molar refractivity (Wildman–Crippen MR) is 122 cm³/mol. The molecule has 33 heavy (non-hydrogen) atoms. The Balaban J connectivity index is 2.00. The van der Waals surface area contributed by atoms with E-state index in [1.807, 2.05) is 29.7 Å². The average Bonchev–Trinajstić information content (AvgIpc) is 3.19. The van der Waals surface area contributed by atoms with Gasteiger partial charge in [0.05, 0.1) is 38.7 Å². The molecule has 178 valence electrons. The Hall–Kier alpha value is -2.85. The molecule has 0 aliphatic carbocycles. The second kappa shape index (κ2) is 8.83. The quantitative estimate of drug-likeness (QED) is 0.215. The molecule has 0 saturated carbocycles. The highest BCUT2D eigenvalue weighted by atomic mass is 32.2. The molecule has 0 spiro atoms. The summed E-state index contributed by atoms with van der Waals surface area (Å²) in [7, 11) is -0.406. The third-order valence-corrected chi connectivity index (χ3v) is 7.92. The molecule has 1 aromatic carbocycles. The maximum absolute atomic E-state index is 12.9. The van der Waals surface area contributed by atoms with Crippen molar-refractivity contribution < 1.29 is 36.6 Å². The maximum Gasteiger partial charge on any atom is 0.337 e. The summed E-state index contributed by atoms with van der Waals surface area (Å²) < 4.78 is 54.0. The van der Waals surface area contributed by atoms with Crippen LogP contribution in [0.4, 0.5) is 0 Å². The largest absolute Gasteiger partial charge is 0.504 e. The number of hydrogen-bond acceptors (Lipinski definition) is 6. The molecule has 2 aliphatic heterocycles. The van der Waals surface area contributed by atoms with Crippen LogP contribution in [-0.2, 0) is 30.8 Å². The predicted octanol–water partition coefficient (Wildman–Crippen LogP) is 2.15. The van der Waals surface area contributed by atoms with Gasteiger partial charge in [0.1, 0.15) is 24.5 Å². The highest BCUT2D eigenvalue weighted by molar-refractivity contribution is 7.87. The fraction of sp³-hybridized carbons (Fsp3) is 0.478. The third-order valence-electron chi connectivity index (χ3n) is 6.77. The van der Waals surface area contributed by atoms with Crippen molar-refractivity contribution in [3.05, 3.63) is 41.3 Å². The van der Waals surface area contributed by atoms with Crippen LogP contribution in [0.25, 0.3) is 10.9 Å². The van der Waals surface area contributed by atoms with E-state index < -0.39 is 27.3 Å². The Morgan fingerprint density at radius 3 is 2.67 bits per heavy atom. The van der Waals surface area contributed by atoms with Gasteiger partial charge in [0.25, 0.3) is 10.1 Å². The van der Waals surface area contributed by atoms with Crippen molar-refractivity contribution >= 4 is 32.7 Å². The van der Waals surface area contributed by atoms with Crippen molar-refractivity contribution in [3.63, 3.8) is 0 Å². The van der Waals surface area contributed by atoms with E-state index in [9.17, 15) is 17.8 Å². The number of ether oxygens (including phenoxy) is 3. The van der Waals surface area contributed by atoms with Crippen LogP contribution in [0.2, 0.25) is 0 Å². The maximum atomic E-state index is 12.9. The van der Waals surface area contributed by atoms with Gasteiger partial charge >= 0.3 is 5.97 Å². The lowest BCUT2D eigenvalue weighted by Gasteiger charge is -2.36. The molecule has 0 unspecified atom stereocenters. The van der Waals surface area contributed by atoms with E-state index >= 15 is 0 Å². The zero-order valence-corrected chi connectivity index (χ0v) is 19.9. The number of fused-ring (bicyclic) bond motifs is 4. The number of benzene rings is 1. The number of aromatic amines is 1. The molecule has 0 fully saturated rings. The van der Waals surface area contributed by atoms with Crippen LogP contribution < -0.4 is 4.74 Å². The molecule has 3 heterocycles. The smallest absolute Gasteiger partial charge is 0.337 e. The van der Waals surface area contributed by atoms with E-state index in [-0.39, 0.29) is 11.5 Å². The van der Waals surface area contributed by atoms with E-state index in [0.29, 0.717) is 43.1 Å². The van der Waals surface area contributed by atoms with Gasteiger partial charge in [-0.05, 0) is 18.6 Å². The van der Waals surface area contributed by atoms with Crippen molar-refractivity contribution in [1.82, 2.24) is 4.98 Å². The van der Waals surface area contributed by atoms with Crippen LogP contribution in [-0.4, -0.2) is 73.9 Å². The number of hydrogen-bond donors (Lipinski definition) is 2. The minimum Gasteiger partial charge on any atom is -0.504 e. The SMILES string of the molecule is CC[C@@H]1C[N+]2=C(c3[nH]c4cccc(OC)c4c3CC2)[C@@H](S(=O)(=O)O)[C@@H]1/C(=C\OC)C(=O)OC. The molecule has 2 N–H and O–H groups in total. The number of nitrogens with zero attached hydrogens (tertiary/aromatic N) is 1. The Morgan fingerprint density at radius 2 is 2.06 bits per heavy atom. The van der Waals surface area contributed by atoms with Gasteiger partial charge in [-0.3, -0.25) is 4.55 Å². The topological polar surface area (TPSA) is 118 Å². The molecule has 3 atom stereocenters. The van der Waals surface area contributed by atoms with Gasteiger partial charge < -0.3 is 19.2 Å². The summed E-state index contributed by atoms with van der Waals surface area (Å²) in [5.74, 6) is -1.06. The average molecular weight is 478 g/mol. The van der Waals surface area contributed by atoms with Crippen molar-refractivity contribution in [2.24, 2.45) is 11.8 Å². The number of aromatic nitrogens is 1. The molecular weight excluding hydrogens is 448 g/mol. The number of methoxy groups -OCH3 is 3. The molecule has 4 rings (SSSR count). The van der Waals surface area contributed by atoms with Crippen molar-refractivity contribution in [1.29, 1.82) is 0 Å². The van der Waals surface area contributed by atoms with Gasteiger partial charge in [-0.1, -0.05) is 13.0 Å². The number of H-pyrrole nitrogens is 1. The van der Waals surface area contributed by atoms with Crippen LogP contribution >= 0.6 is 0 Å². The first-order chi connectivity index (χ1) is 15.8. The minimum atomic E-state index is -4.62. The van der Waals surface area contributed by atoms with Gasteiger partial charge in [0.2, 0.25) is 5.71 Å². The summed E-state index contributed by atoms with van der Waals surface area (Å²) in [6.07, 6.45) is 2.52. The Kier molecular flexibility index (Phi) is 6.24. The second-order valence-electron chi connectivity index (χ2n) is 8.37. The summed E-state index contributed by atoms with van der Waals surface area (Å²) in [5.41, 5.74) is 2.94. The lowest BCUT2D eigenvalue weighted by atomic mass is 9.76. The fourth-order valence-electron chi connectivity index (χ4n) is 5.41. The van der Waals surface area contributed by atoms with Gasteiger partial charge in [-0.2, -0.15) is 8.42 Å². The lowest BCUT2D eigenvalue weighted by Crippen LogP contribution is -2.55. The zero-order valence-electron chi connectivity index (χ0n) is 19.1. The highest BCUT2D eigenvalue weighted by Crippen LogP contribution is 2.41. The summed E-state index contributed by atoms with van der Waals surface area (Å²) in [6.45, 7) is 3.06. The first-order valence-electron chi connectivity index (χ1n) is 10.8. The van der Waals surface area contributed by atoms with E-state index in [2.05, 4.69) is 4.98 Å². The minimum absolute atomic E-state index is 0.0856. The standard InChI is InChI=1S/C23H28N2O7S/c1-5-13-11-25-10-9-14-19-16(7-6-8-17(19)31-3)24-20(14)21(25)22(33(27,28)29)18(13)15(12-30-2)23(26)32-4/h6-8,12-13,18,22H,5,9-11H2,1-4H3,(H,27,28,29)/p+1/b15-12+/t13-,18+,22+/m1/s1. The summed E-state index contributed by atoms with van der Waals surface area (Å²) >= 11 is 0. The van der Waals surface area contributed by atoms with Crippen LogP contribution in [0.1, 0.15) is 24.6 Å². The third kappa shape index (κ3) is 3.80. The molecule has 9 nitrogen and oxygen atoms in total. The van der Waals surface area contributed by atoms with Crippen LogP contribution in [0.15, 0.2) is 30.0 Å². The molecule has 0 amide bonds. The van der Waals surface area contributed by atoms with Gasteiger partial charge in [0.15, 0.2) is 5.25 Å². The van der Waals surface area contributed by atoms with Crippen molar-refractivity contribution in [3.8, 4) is 5.75 Å².